The molecule has 0 aromatic carbocycles. The predicted molar refractivity (Wildman–Crippen MR) is 70.1 cm³/mol. The molecule has 1 amide bonds. The van der Waals surface area contributed by atoms with Gasteiger partial charge in [-0.25, -0.2) is 4.79 Å². The summed E-state index contributed by atoms with van der Waals surface area (Å²) in [4.78, 5) is 14.1. The van der Waals surface area contributed by atoms with E-state index in [1.165, 1.54) is 4.90 Å². The maximum atomic E-state index is 10.6. The van der Waals surface area contributed by atoms with E-state index in [9.17, 15) is 4.79 Å². The van der Waals surface area contributed by atoms with Crippen LogP contribution in [0.5, 0.6) is 0 Å². The number of hydrogen-bond donors (Lipinski definition) is 1. The number of amides is 1. The van der Waals surface area contributed by atoms with Crippen LogP contribution in [0.3, 0.4) is 0 Å². The molecule has 0 aliphatic rings. The van der Waals surface area contributed by atoms with Crippen molar-refractivity contribution >= 4 is 6.09 Å². The SMILES string of the molecule is COCCOCCCN(C)CCCN(C)C(=O)O. The van der Waals surface area contributed by atoms with Crippen LogP contribution in [0.4, 0.5) is 4.79 Å². The third kappa shape index (κ3) is 10.3. The summed E-state index contributed by atoms with van der Waals surface area (Å²) < 4.78 is 10.2. The van der Waals surface area contributed by atoms with Gasteiger partial charge in [0.25, 0.3) is 0 Å². The van der Waals surface area contributed by atoms with Crippen LogP contribution in [0.1, 0.15) is 12.8 Å². The molecule has 0 rings (SSSR count). The van der Waals surface area contributed by atoms with Crippen molar-refractivity contribution in [1.29, 1.82) is 0 Å². The fourth-order valence-electron chi connectivity index (χ4n) is 1.47. The van der Waals surface area contributed by atoms with Gasteiger partial charge in [-0.15, -0.1) is 0 Å². The van der Waals surface area contributed by atoms with Crippen molar-refractivity contribution in [2.45, 2.75) is 12.8 Å². The maximum Gasteiger partial charge on any atom is 0.407 e. The van der Waals surface area contributed by atoms with Crippen LogP contribution in [-0.4, -0.2) is 81.7 Å². The summed E-state index contributed by atoms with van der Waals surface area (Å²) in [6.07, 6.45) is 0.961. The molecular weight excluding hydrogens is 236 g/mol. The Balaban J connectivity index is 3.32. The minimum absolute atomic E-state index is 0.573. The minimum atomic E-state index is -0.871. The fourth-order valence-corrected chi connectivity index (χ4v) is 1.47. The summed E-state index contributed by atoms with van der Waals surface area (Å²) in [7, 11) is 5.28. The Labute approximate surface area is 109 Å². The molecule has 0 aliphatic carbocycles. The first kappa shape index (κ1) is 17.2. The van der Waals surface area contributed by atoms with E-state index in [1.807, 2.05) is 7.05 Å². The lowest BCUT2D eigenvalue weighted by molar-refractivity contribution is 0.0661. The predicted octanol–water partition coefficient (Wildman–Crippen LogP) is 0.971. The Kier molecular flexibility index (Phi) is 10.7. The molecule has 0 saturated heterocycles. The molecule has 0 spiro atoms. The first-order valence-electron chi connectivity index (χ1n) is 6.27. The summed E-state index contributed by atoms with van der Waals surface area (Å²) in [5.41, 5.74) is 0. The highest BCUT2D eigenvalue weighted by Crippen LogP contribution is 1.94. The van der Waals surface area contributed by atoms with E-state index in [-0.39, 0.29) is 0 Å². The molecule has 108 valence electrons. The van der Waals surface area contributed by atoms with Crippen LogP contribution in [0.25, 0.3) is 0 Å². The second-order valence-corrected chi connectivity index (χ2v) is 4.32. The summed E-state index contributed by atoms with van der Waals surface area (Å²) >= 11 is 0. The van der Waals surface area contributed by atoms with Crippen molar-refractivity contribution in [1.82, 2.24) is 9.80 Å². The number of ether oxygens (including phenoxy) is 2. The molecule has 0 aliphatic heterocycles. The molecule has 1 N–H and O–H groups in total. The zero-order valence-corrected chi connectivity index (χ0v) is 11.7. The van der Waals surface area contributed by atoms with Crippen molar-refractivity contribution in [2.75, 3.05) is 60.7 Å². The fraction of sp³-hybridized carbons (Fsp3) is 0.917. The normalized spacial score (nSPS) is 10.9. The van der Waals surface area contributed by atoms with E-state index in [2.05, 4.69) is 4.90 Å². The van der Waals surface area contributed by atoms with Crippen molar-refractivity contribution in [3.8, 4) is 0 Å². The lowest BCUT2D eigenvalue weighted by Crippen LogP contribution is -2.29. The van der Waals surface area contributed by atoms with Crippen LogP contribution < -0.4 is 0 Å². The number of carboxylic acid groups (broad SMARTS) is 1. The second-order valence-electron chi connectivity index (χ2n) is 4.32. The smallest absolute Gasteiger partial charge is 0.407 e. The van der Waals surface area contributed by atoms with Crippen LogP contribution in [0.2, 0.25) is 0 Å². The Morgan fingerprint density at radius 2 is 1.72 bits per heavy atom. The first-order chi connectivity index (χ1) is 8.57. The third-order valence-electron chi connectivity index (χ3n) is 2.62. The van der Waals surface area contributed by atoms with Crippen molar-refractivity contribution in [3.05, 3.63) is 0 Å². The molecule has 6 nitrogen and oxygen atoms in total. The van der Waals surface area contributed by atoms with Crippen LogP contribution in [0, 0.1) is 0 Å². The lowest BCUT2D eigenvalue weighted by atomic mass is 10.3. The number of rotatable bonds is 11. The number of nitrogens with zero attached hydrogens (tertiary/aromatic N) is 2. The highest BCUT2D eigenvalue weighted by Gasteiger charge is 2.05. The molecule has 0 bridgehead atoms. The molecule has 0 aromatic rings. The molecule has 6 heteroatoms. The number of hydrogen-bond acceptors (Lipinski definition) is 4. The first-order valence-corrected chi connectivity index (χ1v) is 6.27. The molecule has 0 aromatic heterocycles. The van der Waals surface area contributed by atoms with E-state index >= 15 is 0 Å². The summed E-state index contributed by atoms with van der Waals surface area (Å²) in [5, 5.41) is 8.68. The molecule has 18 heavy (non-hydrogen) atoms. The van der Waals surface area contributed by atoms with E-state index in [4.69, 9.17) is 14.6 Å². The molecule has 0 unspecified atom stereocenters. The van der Waals surface area contributed by atoms with Crippen molar-refractivity contribution in [2.24, 2.45) is 0 Å². The highest BCUT2D eigenvalue weighted by molar-refractivity contribution is 5.64. The van der Waals surface area contributed by atoms with Gasteiger partial charge in [0, 0.05) is 33.9 Å². The van der Waals surface area contributed by atoms with E-state index in [1.54, 1.807) is 14.2 Å². The minimum Gasteiger partial charge on any atom is -0.465 e. The third-order valence-corrected chi connectivity index (χ3v) is 2.62. The molecular formula is C12H26N2O4. The molecule has 0 radical (unpaired) electrons. The van der Waals surface area contributed by atoms with E-state index in [0.717, 1.165) is 32.5 Å². The Bertz CT molecular complexity index is 214. The van der Waals surface area contributed by atoms with Gasteiger partial charge in [0.15, 0.2) is 0 Å². The van der Waals surface area contributed by atoms with Crippen LogP contribution >= 0.6 is 0 Å². The molecule has 0 fully saturated rings. The van der Waals surface area contributed by atoms with Gasteiger partial charge in [-0.1, -0.05) is 0 Å². The van der Waals surface area contributed by atoms with Gasteiger partial charge in [0.2, 0.25) is 0 Å². The van der Waals surface area contributed by atoms with Gasteiger partial charge in [0.05, 0.1) is 13.2 Å². The molecule has 0 atom stereocenters. The Morgan fingerprint density at radius 3 is 2.33 bits per heavy atom. The summed E-state index contributed by atoms with van der Waals surface area (Å²) in [5.74, 6) is 0. The topological polar surface area (TPSA) is 62.2 Å². The van der Waals surface area contributed by atoms with Gasteiger partial charge in [-0.05, 0) is 26.4 Å². The standard InChI is InChI=1S/C12H26N2O4/c1-13(6-4-8-14(2)12(15)16)7-5-9-18-11-10-17-3/h4-11H2,1-3H3,(H,15,16). The highest BCUT2D eigenvalue weighted by atomic mass is 16.5. The average molecular weight is 262 g/mol. The van der Waals surface area contributed by atoms with Crippen LogP contribution in [0.15, 0.2) is 0 Å². The second kappa shape index (κ2) is 11.3. The Morgan fingerprint density at radius 1 is 1.06 bits per heavy atom. The maximum absolute atomic E-state index is 10.6. The number of carbonyl (C=O) groups is 1. The molecule has 0 saturated carbocycles. The zero-order chi connectivity index (χ0) is 13.8. The monoisotopic (exact) mass is 262 g/mol. The van der Waals surface area contributed by atoms with Crippen molar-refractivity contribution < 1.29 is 19.4 Å². The largest absolute Gasteiger partial charge is 0.465 e. The Hall–Kier alpha value is -0.850. The van der Waals surface area contributed by atoms with E-state index < -0.39 is 6.09 Å². The summed E-state index contributed by atoms with van der Waals surface area (Å²) in [6, 6.07) is 0. The summed E-state index contributed by atoms with van der Waals surface area (Å²) in [6.45, 7) is 4.45. The lowest BCUT2D eigenvalue weighted by Gasteiger charge is -2.18. The van der Waals surface area contributed by atoms with Gasteiger partial charge >= 0.3 is 6.09 Å². The van der Waals surface area contributed by atoms with Gasteiger partial charge in [-0.3, -0.25) is 0 Å². The van der Waals surface area contributed by atoms with E-state index in [0.29, 0.717) is 19.8 Å². The van der Waals surface area contributed by atoms with Gasteiger partial charge in [0.1, 0.15) is 0 Å². The average Bonchev–Trinajstić information content (AvgIpc) is 2.33. The quantitative estimate of drug-likeness (QED) is 0.562. The molecule has 0 heterocycles. The number of methoxy groups -OCH3 is 1. The van der Waals surface area contributed by atoms with Gasteiger partial charge < -0.3 is 24.4 Å². The van der Waals surface area contributed by atoms with Gasteiger partial charge in [-0.2, -0.15) is 0 Å². The van der Waals surface area contributed by atoms with Crippen LogP contribution in [-0.2, 0) is 9.47 Å². The van der Waals surface area contributed by atoms with Crippen molar-refractivity contribution in [3.63, 3.8) is 0 Å². The zero-order valence-electron chi connectivity index (χ0n) is 11.7.